The van der Waals surface area contributed by atoms with Gasteiger partial charge >= 0.3 is 0 Å². The molecule has 0 unspecified atom stereocenters. The molecule has 0 aromatic carbocycles. The molecule has 0 saturated heterocycles. The highest BCUT2D eigenvalue weighted by Gasteiger charge is 2.11. The standard InChI is InChI=1S/C13H22N2O/c1-9(2)12-6-11(8-16)7-13(14-12)15(5)10(3)4/h6-7,9-10,16H,8H2,1-5H3. The molecular weight excluding hydrogens is 200 g/mol. The van der Waals surface area contributed by atoms with E-state index in [9.17, 15) is 5.11 Å². The summed E-state index contributed by atoms with van der Waals surface area (Å²) in [5.41, 5.74) is 1.97. The van der Waals surface area contributed by atoms with Crippen LogP contribution in [0.4, 0.5) is 5.82 Å². The molecule has 90 valence electrons. The zero-order valence-corrected chi connectivity index (χ0v) is 10.9. The van der Waals surface area contributed by atoms with Gasteiger partial charge in [-0.2, -0.15) is 0 Å². The molecule has 3 nitrogen and oxygen atoms in total. The van der Waals surface area contributed by atoms with Crippen molar-refractivity contribution in [3.05, 3.63) is 23.4 Å². The second-order valence-corrected chi connectivity index (χ2v) is 4.78. The lowest BCUT2D eigenvalue weighted by atomic mass is 10.1. The van der Waals surface area contributed by atoms with E-state index in [1.807, 2.05) is 19.2 Å². The van der Waals surface area contributed by atoms with Crippen LogP contribution in [0, 0.1) is 0 Å². The molecule has 16 heavy (non-hydrogen) atoms. The summed E-state index contributed by atoms with van der Waals surface area (Å²) in [7, 11) is 2.03. The number of nitrogens with zero attached hydrogens (tertiary/aromatic N) is 2. The molecule has 0 atom stereocenters. The van der Waals surface area contributed by atoms with Crippen molar-refractivity contribution in [2.24, 2.45) is 0 Å². The predicted molar refractivity (Wildman–Crippen MR) is 67.8 cm³/mol. The van der Waals surface area contributed by atoms with Crippen LogP contribution in [0.25, 0.3) is 0 Å². The number of rotatable bonds is 4. The Hall–Kier alpha value is -1.09. The lowest BCUT2D eigenvalue weighted by Crippen LogP contribution is -2.27. The zero-order valence-electron chi connectivity index (χ0n) is 10.9. The van der Waals surface area contributed by atoms with Crippen LogP contribution >= 0.6 is 0 Å². The molecule has 0 bridgehead atoms. The van der Waals surface area contributed by atoms with Gasteiger partial charge in [-0.1, -0.05) is 13.8 Å². The molecule has 0 aliphatic heterocycles. The smallest absolute Gasteiger partial charge is 0.129 e. The molecule has 0 aliphatic rings. The van der Waals surface area contributed by atoms with Gasteiger partial charge in [0, 0.05) is 18.8 Å². The second-order valence-electron chi connectivity index (χ2n) is 4.78. The van der Waals surface area contributed by atoms with Crippen molar-refractivity contribution in [2.75, 3.05) is 11.9 Å². The van der Waals surface area contributed by atoms with Crippen LogP contribution in [0.5, 0.6) is 0 Å². The molecular formula is C13H22N2O. The van der Waals surface area contributed by atoms with E-state index in [2.05, 4.69) is 37.6 Å². The normalized spacial score (nSPS) is 11.2. The van der Waals surface area contributed by atoms with Gasteiger partial charge in [-0.25, -0.2) is 4.98 Å². The van der Waals surface area contributed by atoms with E-state index >= 15 is 0 Å². The highest BCUT2D eigenvalue weighted by Crippen LogP contribution is 2.20. The average molecular weight is 222 g/mol. The first-order valence-corrected chi connectivity index (χ1v) is 5.80. The molecule has 1 rings (SSSR count). The maximum Gasteiger partial charge on any atom is 0.129 e. The first-order chi connectivity index (χ1) is 7.45. The van der Waals surface area contributed by atoms with E-state index < -0.39 is 0 Å². The maximum absolute atomic E-state index is 9.24. The minimum absolute atomic E-state index is 0.0706. The van der Waals surface area contributed by atoms with Gasteiger partial charge in [0.2, 0.25) is 0 Å². The Labute approximate surface area is 98.1 Å². The second kappa shape index (κ2) is 5.30. The van der Waals surface area contributed by atoms with Gasteiger partial charge in [0.15, 0.2) is 0 Å². The van der Waals surface area contributed by atoms with Crippen LogP contribution in [-0.4, -0.2) is 23.2 Å². The average Bonchev–Trinajstić information content (AvgIpc) is 2.27. The maximum atomic E-state index is 9.24. The Morgan fingerprint density at radius 1 is 1.25 bits per heavy atom. The Morgan fingerprint density at radius 2 is 1.88 bits per heavy atom. The SMILES string of the molecule is CC(C)c1cc(CO)cc(N(C)C(C)C)n1. The molecule has 1 aromatic heterocycles. The van der Waals surface area contributed by atoms with Gasteiger partial charge in [0.1, 0.15) is 5.82 Å². The van der Waals surface area contributed by atoms with E-state index in [4.69, 9.17) is 0 Å². The number of anilines is 1. The lowest BCUT2D eigenvalue weighted by molar-refractivity contribution is 0.281. The molecule has 0 radical (unpaired) electrons. The van der Waals surface area contributed by atoms with Crippen molar-refractivity contribution in [1.29, 1.82) is 0 Å². The number of pyridine rings is 1. The summed E-state index contributed by atoms with van der Waals surface area (Å²) < 4.78 is 0. The summed E-state index contributed by atoms with van der Waals surface area (Å²) in [4.78, 5) is 6.73. The third-order valence-electron chi connectivity index (χ3n) is 2.80. The van der Waals surface area contributed by atoms with Crippen LogP contribution in [0.15, 0.2) is 12.1 Å². The van der Waals surface area contributed by atoms with Crippen LogP contribution in [0.1, 0.15) is 44.9 Å². The molecule has 1 N–H and O–H groups in total. The zero-order chi connectivity index (χ0) is 12.3. The van der Waals surface area contributed by atoms with Crippen molar-refractivity contribution < 1.29 is 5.11 Å². The largest absolute Gasteiger partial charge is 0.392 e. The molecule has 0 aliphatic carbocycles. The molecule has 3 heteroatoms. The highest BCUT2D eigenvalue weighted by molar-refractivity contribution is 5.43. The van der Waals surface area contributed by atoms with Crippen LogP contribution in [0.3, 0.4) is 0 Å². The van der Waals surface area contributed by atoms with Gasteiger partial charge in [0.25, 0.3) is 0 Å². The predicted octanol–water partition coefficient (Wildman–Crippen LogP) is 2.54. The first-order valence-electron chi connectivity index (χ1n) is 5.80. The lowest BCUT2D eigenvalue weighted by Gasteiger charge is -2.24. The molecule has 0 amide bonds. The topological polar surface area (TPSA) is 36.4 Å². The summed E-state index contributed by atoms with van der Waals surface area (Å²) in [6, 6.07) is 4.33. The van der Waals surface area contributed by atoms with Gasteiger partial charge in [-0.3, -0.25) is 0 Å². The minimum Gasteiger partial charge on any atom is -0.392 e. The molecule has 0 saturated carbocycles. The van der Waals surface area contributed by atoms with Crippen molar-refractivity contribution in [1.82, 2.24) is 4.98 Å². The third kappa shape index (κ3) is 2.95. The summed E-state index contributed by atoms with van der Waals surface area (Å²) in [6.07, 6.45) is 0. The summed E-state index contributed by atoms with van der Waals surface area (Å²) >= 11 is 0. The van der Waals surface area contributed by atoms with E-state index in [0.717, 1.165) is 17.1 Å². The number of aliphatic hydroxyl groups is 1. The Kier molecular flexibility index (Phi) is 4.30. The van der Waals surface area contributed by atoms with Gasteiger partial charge in [-0.15, -0.1) is 0 Å². The van der Waals surface area contributed by atoms with Gasteiger partial charge in [-0.05, 0) is 37.5 Å². The first kappa shape index (κ1) is 13.0. The van der Waals surface area contributed by atoms with E-state index in [0.29, 0.717) is 12.0 Å². The summed E-state index contributed by atoms with van der Waals surface area (Å²) in [5, 5.41) is 9.24. The quantitative estimate of drug-likeness (QED) is 0.850. The summed E-state index contributed by atoms with van der Waals surface area (Å²) in [6.45, 7) is 8.55. The van der Waals surface area contributed by atoms with Crippen molar-refractivity contribution in [2.45, 2.75) is 46.3 Å². The van der Waals surface area contributed by atoms with Crippen LogP contribution in [0.2, 0.25) is 0 Å². The van der Waals surface area contributed by atoms with Crippen LogP contribution < -0.4 is 4.90 Å². The molecule has 1 heterocycles. The number of aliphatic hydroxyl groups excluding tert-OH is 1. The van der Waals surface area contributed by atoms with Gasteiger partial charge < -0.3 is 10.0 Å². The fraction of sp³-hybridized carbons (Fsp3) is 0.615. The third-order valence-corrected chi connectivity index (χ3v) is 2.80. The number of hydrogen-bond acceptors (Lipinski definition) is 3. The van der Waals surface area contributed by atoms with Crippen molar-refractivity contribution >= 4 is 5.82 Å². The number of hydrogen-bond donors (Lipinski definition) is 1. The van der Waals surface area contributed by atoms with E-state index in [-0.39, 0.29) is 6.61 Å². The summed E-state index contributed by atoms with van der Waals surface area (Å²) in [5.74, 6) is 1.32. The monoisotopic (exact) mass is 222 g/mol. The Bertz CT molecular complexity index is 348. The minimum atomic E-state index is 0.0706. The fourth-order valence-corrected chi connectivity index (χ4v) is 1.43. The van der Waals surface area contributed by atoms with Crippen LogP contribution in [-0.2, 0) is 6.61 Å². The Balaban J connectivity index is 3.13. The highest BCUT2D eigenvalue weighted by atomic mass is 16.3. The van der Waals surface area contributed by atoms with Gasteiger partial charge in [0.05, 0.1) is 6.61 Å². The Morgan fingerprint density at radius 3 is 2.31 bits per heavy atom. The number of aromatic nitrogens is 1. The van der Waals surface area contributed by atoms with E-state index in [1.165, 1.54) is 0 Å². The fourth-order valence-electron chi connectivity index (χ4n) is 1.43. The van der Waals surface area contributed by atoms with Crippen molar-refractivity contribution in [3.8, 4) is 0 Å². The van der Waals surface area contributed by atoms with Crippen molar-refractivity contribution in [3.63, 3.8) is 0 Å². The molecule has 0 spiro atoms. The molecule has 1 aromatic rings. The van der Waals surface area contributed by atoms with E-state index in [1.54, 1.807) is 0 Å². The molecule has 0 fully saturated rings.